The molecule has 1 aliphatic heterocycles. The van der Waals surface area contributed by atoms with E-state index in [-0.39, 0.29) is 39.6 Å². The third kappa shape index (κ3) is 3.67. The van der Waals surface area contributed by atoms with Crippen LogP contribution in [0.15, 0.2) is 46.1 Å². The lowest BCUT2D eigenvalue weighted by Crippen LogP contribution is -2.27. The van der Waals surface area contributed by atoms with Crippen molar-refractivity contribution in [1.82, 2.24) is 14.0 Å². The van der Waals surface area contributed by atoms with Crippen LogP contribution in [-0.2, 0) is 25.4 Å². The van der Waals surface area contributed by atoms with Crippen molar-refractivity contribution in [1.29, 1.82) is 0 Å². The van der Waals surface area contributed by atoms with Crippen LogP contribution in [0.1, 0.15) is 11.1 Å². The van der Waals surface area contributed by atoms with E-state index in [0.717, 1.165) is 4.90 Å². The number of amides is 2. The number of fused-ring (bicyclic) bond motifs is 1. The van der Waals surface area contributed by atoms with E-state index in [1.165, 1.54) is 59.6 Å². The summed E-state index contributed by atoms with van der Waals surface area (Å²) in [6, 6.07) is 8.39. The van der Waals surface area contributed by atoms with Gasteiger partial charge in [0.2, 0.25) is 0 Å². The molecule has 0 spiro atoms. The van der Waals surface area contributed by atoms with E-state index in [0.29, 0.717) is 22.8 Å². The molecule has 0 atom stereocenters. The zero-order valence-corrected chi connectivity index (χ0v) is 18.1. The van der Waals surface area contributed by atoms with Gasteiger partial charge < -0.3 is 0 Å². The van der Waals surface area contributed by atoms with E-state index in [1.54, 1.807) is 6.07 Å². The number of aromatic nitrogens is 2. The molecule has 4 rings (SSSR count). The van der Waals surface area contributed by atoms with Crippen molar-refractivity contribution >= 4 is 51.4 Å². The second kappa shape index (κ2) is 8.02. The second-order valence-electron chi connectivity index (χ2n) is 7.21. The van der Waals surface area contributed by atoms with Gasteiger partial charge in [0.25, 0.3) is 22.5 Å². The minimum atomic E-state index is -0.723. The van der Waals surface area contributed by atoms with Gasteiger partial charge in [0.15, 0.2) is 0 Å². The summed E-state index contributed by atoms with van der Waals surface area (Å²) in [4.78, 5) is 60.0. The molecule has 3 aromatic rings. The fourth-order valence-corrected chi connectivity index (χ4v) is 4.42. The molecule has 13 heteroatoms. The van der Waals surface area contributed by atoms with Crippen LogP contribution in [-0.4, -0.2) is 35.0 Å². The van der Waals surface area contributed by atoms with Crippen LogP contribution < -0.4 is 5.69 Å². The maximum Gasteiger partial charge on any atom is 0.328 e. The Bertz CT molecular complexity index is 1470. The summed E-state index contributed by atoms with van der Waals surface area (Å²) in [5, 5.41) is 22.2. The Morgan fingerprint density at radius 1 is 0.939 bits per heavy atom. The average molecular weight is 469 g/mol. The molecule has 0 N–H and O–H groups in total. The number of imide groups is 1. The summed E-state index contributed by atoms with van der Waals surface area (Å²) >= 11 is 0.581. The van der Waals surface area contributed by atoms with Crippen LogP contribution in [0, 0.1) is 20.2 Å². The van der Waals surface area contributed by atoms with Gasteiger partial charge in [-0.1, -0.05) is 18.2 Å². The smallest absolute Gasteiger partial charge is 0.295 e. The molecule has 2 amide bonds. The monoisotopic (exact) mass is 469 g/mol. The minimum Gasteiger partial charge on any atom is -0.295 e. The second-order valence-corrected chi connectivity index (χ2v) is 8.20. The van der Waals surface area contributed by atoms with Crippen molar-refractivity contribution < 1.29 is 19.4 Å². The highest BCUT2D eigenvalue weighted by atomic mass is 32.2. The van der Waals surface area contributed by atoms with E-state index < -0.39 is 21.0 Å². The molecule has 2 heterocycles. The van der Waals surface area contributed by atoms with Crippen molar-refractivity contribution in [3.8, 4) is 0 Å². The fraction of sp³-hybridized carbons (Fsp3) is 0.150. The molecule has 0 unspecified atom stereocenters. The molecule has 2 aromatic carbocycles. The molecular weight excluding hydrogens is 454 g/mol. The van der Waals surface area contributed by atoms with Crippen LogP contribution in [0.25, 0.3) is 17.1 Å². The predicted molar refractivity (Wildman–Crippen MR) is 119 cm³/mol. The summed E-state index contributed by atoms with van der Waals surface area (Å²) in [5.41, 5.74) is 0.0407. The first-order chi connectivity index (χ1) is 15.6. The van der Waals surface area contributed by atoms with Gasteiger partial charge in [0.1, 0.15) is 0 Å². The first kappa shape index (κ1) is 22.0. The van der Waals surface area contributed by atoms with Crippen LogP contribution in [0.4, 0.5) is 16.2 Å². The van der Waals surface area contributed by atoms with Gasteiger partial charge in [0.05, 0.1) is 37.9 Å². The average Bonchev–Trinajstić information content (AvgIpc) is 3.15. The molecule has 1 aliphatic rings. The standard InChI is InChI=1S/C20H15N5O7S/c1-21-15-7-12(14(25(31)32)9-16(15)22(2)19(21)27)8-17-18(26)23(20(28)33-17)10-11-5-3-4-6-13(11)24(29)30/h3-9H,10H2,1-2H3/b17-8-. The number of thioether (sulfide) groups is 1. The zero-order chi connectivity index (χ0) is 24.0. The number of benzene rings is 2. The molecule has 1 aromatic heterocycles. The van der Waals surface area contributed by atoms with Gasteiger partial charge in [0, 0.05) is 31.8 Å². The lowest BCUT2D eigenvalue weighted by atomic mass is 10.1. The number of aryl methyl sites for hydroxylation is 2. The maximum absolute atomic E-state index is 12.9. The Hall–Kier alpha value is -4.26. The van der Waals surface area contributed by atoms with E-state index in [2.05, 4.69) is 0 Å². The quantitative estimate of drug-likeness (QED) is 0.314. The Labute approximate surface area is 189 Å². The van der Waals surface area contributed by atoms with Crippen LogP contribution >= 0.6 is 11.8 Å². The molecule has 0 aliphatic carbocycles. The molecular formula is C20H15N5O7S. The largest absolute Gasteiger partial charge is 0.328 e. The first-order valence-corrected chi connectivity index (χ1v) is 10.2. The number of para-hydroxylation sites is 1. The van der Waals surface area contributed by atoms with Crippen molar-refractivity contribution in [2.75, 3.05) is 0 Å². The molecule has 12 nitrogen and oxygen atoms in total. The first-order valence-electron chi connectivity index (χ1n) is 9.41. The van der Waals surface area contributed by atoms with Gasteiger partial charge in [-0.25, -0.2) is 4.79 Å². The highest BCUT2D eigenvalue weighted by Gasteiger charge is 2.36. The normalized spacial score (nSPS) is 15.1. The Morgan fingerprint density at radius 2 is 1.55 bits per heavy atom. The van der Waals surface area contributed by atoms with Crippen LogP contribution in [0.5, 0.6) is 0 Å². The van der Waals surface area contributed by atoms with Gasteiger partial charge in [-0.2, -0.15) is 0 Å². The number of hydrogen-bond acceptors (Lipinski definition) is 8. The molecule has 1 fully saturated rings. The van der Waals surface area contributed by atoms with Crippen molar-refractivity contribution in [3.05, 3.63) is 83.1 Å². The number of nitro benzene ring substituents is 2. The molecule has 0 bridgehead atoms. The van der Waals surface area contributed by atoms with E-state index in [4.69, 9.17) is 0 Å². The number of carbonyl (C=O) groups excluding carboxylic acids is 2. The number of imidazole rings is 1. The summed E-state index contributed by atoms with van der Waals surface area (Å²) in [7, 11) is 3.00. The maximum atomic E-state index is 12.9. The van der Waals surface area contributed by atoms with E-state index in [1.807, 2.05) is 0 Å². The summed E-state index contributed by atoms with van der Waals surface area (Å²) in [5.74, 6) is -0.723. The summed E-state index contributed by atoms with van der Waals surface area (Å²) in [6.07, 6.45) is 1.22. The highest BCUT2D eigenvalue weighted by Crippen LogP contribution is 2.36. The topological polar surface area (TPSA) is 151 Å². The van der Waals surface area contributed by atoms with Crippen LogP contribution in [0.2, 0.25) is 0 Å². The number of nitro groups is 2. The number of hydrogen-bond donors (Lipinski definition) is 0. The van der Waals surface area contributed by atoms with Gasteiger partial charge in [-0.05, 0) is 23.9 Å². The molecule has 0 saturated carbocycles. The lowest BCUT2D eigenvalue weighted by Gasteiger charge is -2.12. The van der Waals surface area contributed by atoms with Crippen LogP contribution in [0.3, 0.4) is 0 Å². The van der Waals surface area contributed by atoms with Gasteiger partial charge in [-0.15, -0.1) is 0 Å². The van der Waals surface area contributed by atoms with Gasteiger partial charge >= 0.3 is 5.69 Å². The SMILES string of the molecule is Cn1c(=O)n(C)c2cc([N+](=O)[O-])c(/C=C3\SC(=O)N(Cc4ccccc4[N+](=O)[O-])C3=O)cc21. The number of nitrogens with zero attached hydrogens (tertiary/aromatic N) is 5. The fourth-order valence-electron chi connectivity index (χ4n) is 3.59. The summed E-state index contributed by atoms with van der Waals surface area (Å²) < 4.78 is 2.59. The predicted octanol–water partition coefficient (Wildman–Crippen LogP) is 2.93. The highest BCUT2D eigenvalue weighted by molar-refractivity contribution is 8.18. The van der Waals surface area contributed by atoms with Gasteiger partial charge in [-0.3, -0.25) is 43.9 Å². The lowest BCUT2D eigenvalue weighted by molar-refractivity contribution is -0.385. The Balaban J connectivity index is 1.76. The van der Waals surface area contributed by atoms with Crippen molar-refractivity contribution in [3.63, 3.8) is 0 Å². The Morgan fingerprint density at radius 3 is 2.18 bits per heavy atom. The zero-order valence-electron chi connectivity index (χ0n) is 17.3. The third-order valence-corrected chi connectivity index (χ3v) is 6.20. The summed E-state index contributed by atoms with van der Waals surface area (Å²) in [6.45, 7) is -0.312. The molecule has 168 valence electrons. The van der Waals surface area contributed by atoms with E-state index in [9.17, 15) is 34.6 Å². The van der Waals surface area contributed by atoms with E-state index >= 15 is 0 Å². The third-order valence-electron chi connectivity index (χ3n) is 5.29. The molecule has 33 heavy (non-hydrogen) atoms. The van der Waals surface area contributed by atoms with Crippen molar-refractivity contribution in [2.24, 2.45) is 14.1 Å². The Kier molecular flexibility index (Phi) is 5.33. The van der Waals surface area contributed by atoms with Crippen molar-refractivity contribution in [2.45, 2.75) is 6.54 Å². The number of carbonyl (C=O) groups is 2. The minimum absolute atomic E-state index is 0.0462. The molecule has 1 saturated heterocycles. The molecule has 0 radical (unpaired) electrons. The number of rotatable bonds is 5.